The Morgan fingerprint density at radius 2 is 1.16 bits per heavy atom. The first-order valence-electron chi connectivity index (χ1n) is 5.05. The van der Waals surface area contributed by atoms with Gasteiger partial charge in [0.1, 0.15) is 29.1 Å². The zero-order chi connectivity index (χ0) is 14.2. The summed E-state index contributed by atoms with van der Waals surface area (Å²) in [7, 11) is 0. The van der Waals surface area contributed by atoms with Gasteiger partial charge in [0.2, 0.25) is 5.78 Å². The highest BCUT2D eigenvalue weighted by Gasteiger charge is 2.25. The molecule has 0 aliphatic carbocycles. The molecule has 0 aromatic heterocycles. The molecule has 1 nitrogen and oxygen atoms in total. The molecule has 2 aromatic rings. The molecule has 0 amide bonds. The van der Waals surface area contributed by atoms with Crippen LogP contribution < -0.4 is 0 Å². The van der Waals surface area contributed by atoms with Crippen LogP contribution in [0.15, 0.2) is 30.3 Å². The average Bonchev–Trinajstić information content (AvgIpc) is 2.26. The second-order valence-corrected chi connectivity index (χ2v) is 3.67. The number of hydrogen-bond acceptors (Lipinski definition) is 1. The van der Waals surface area contributed by atoms with Crippen molar-refractivity contribution in [2.75, 3.05) is 0 Å². The van der Waals surface area contributed by atoms with Gasteiger partial charge in [-0.3, -0.25) is 4.79 Å². The minimum Gasteiger partial charge on any atom is -0.288 e. The van der Waals surface area contributed by atoms with E-state index in [9.17, 15) is 26.7 Å². The molecule has 0 unspecified atom stereocenters. The lowest BCUT2D eigenvalue weighted by Crippen LogP contribution is -2.12. The summed E-state index contributed by atoms with van der Waals surface area (Å²) in [4.78, 5) is 11.8. The van der Waals surface area contributed by atoms with E-state index in [2.05, 4.69) is 0 Å². The molecule has 2 aromatic carbocycles. The normalized spacial score (nSPS) is 10.6. The fraction of sp³-hybridized carbons (Fsp3) is 0. The van der Waals surface area contributed by atoms with Crippen molar-refractivity contribution in [3.63, 3.8) is 0 Å². The quantitative estimate of drug-likeness (QED) is 0.603. The second-order valence-electron chi connectivity index (χ2n) is 3.67. The van der Waals surface area contributed by atoms with Crippen LogP contribution in [-0.2, 0) is 0 Å². The van der Waals surface area contributed by atoms with E-state index >= 15 is 0 Å². The van der Waals surface area contributed by atoms with Crippen molar-refractivity contribution < 1.29 is 26.7 Å². The van der Waals surface area contributed by atoms with Crippen molar-refractivity contribution >= 4 is 5.78 Å². The van der Waals surface area contributed by atoms with E-state index in [-0.39, 0.29) is 12.1 Å². The fourth-order valence-corrected chi connectivity index (χ4v) is 1.60. The average molecular weight is 272 g/mol. The lowest BCUT2D eigenvalue weighted by molar-refractivity contribution is 0.102. The Morgan fingerprint density at radius 1 is 0.737 bits per heavy atom. The van der Waals surface area contributed by atoms with Crippen molar-refractivity contribution in [2.45, 2.75) is 0 Å². The standard InChI is InChI=1S/C13H5F5O/c14-6-4-9(17)12(10(18)5-6)13(19)11-7(15)2-1-3-8(11)16/h1-5H. The summed E-state index contributed by atoms with van der Waals surface area (Å²) in [6.45, 7) is 0. The molecule has 19 heavy (non-hydrogen) atoms. The predicted octanol–water partition coefficient (Wildman–Crippen LogP) is 3.61. The van der Waals surface area contributed by atoms with Crippen LogP contribution in [0, 0.1) is 29.1 Å². The molecule has 0 saturated heterocycles. The van der Waals surface area contributed by atoms with E-state index in [1.54, 1.807) is 0 Å². The van der Waals surface area contributed by atoms with E-state index < -0.39 is 46.0 Å². The van der Waals surface area contributed by atoms with Crippen LogP contribution in [-0.4, -0.2) is 5.78 Å². The topological polar surface area (TPSA) is 17.1 Å². The highest BCUT2D eigenvalue weighted by molar-refractivity contribution is 6.09. The summed E-state index contributed by atoms with van der Waals surface area (Å²) >= 11 is 0. The van der Waals surface area contributed by atoms with Crippen molar-refractivity contribution in [2.24, 2.45) is 0 Å². The zero-order valence-electron chi connectivity index (χ0n) is 9.18. The van der Waals surface area contributed by atoms with Crippen LogP contribution in [0.2, 0.25) is 0 Å². The van der Waals surface area contributed by atoms with Crippen molar-refractivity contribution in [3.05, 3.63) is 70.5 Å². The maximum atomic E-state index is 13.4. The second kappa shape index (κ2) is 4.79. The molecular weight excluding hydrogens is 267 g/mol. The van der Waals surface area contributed by atoms with Crippen LogP contribution in [0.25, 0.3) is 0 Å². The summed E-state index contributed by atoms with van der Waals surface area (Å²) in [5, 5.41) is 0. The maximum Gasteiger partial charge on any atom is 0.204 e. The third-order valence-electron chi connectivity index (χ3n) is 2.42. The van der Waals surface area contributed by atoms with Gasteiger partial charge in [0.05, 0.1) is 11.1 Å². The minimum atomic E-state index is -1.52. The number of hydrogen-bond donors (Lipinski definition) is 0. The molecule has 0 fully saturated rings. The Labute approximate surface area is 104 Å². The Balaban J connectivity index is 2.64. The van der Waals surface area contributed by atoms with E-state index in [0.717, 1.165) is 18.2 Å². The number of carbonyl (C=O) groups excluding carboxylic acids is 1. The van der Waals surface area contributed by atoms with Gasteiger partial charge < -0.3 is 0 Å². The first-order chi connectivity index (χ1) is 8.91. The van der Waals surface area contributed by atoms with Gasteiger partial charge in [-0.15, -0.1) is 0 Å². The predicted molar refractivity (Wildman–Crippen MR) is 56.1 cm³/mol. The number of ketones is 1. The van der Waals surface area contributed by atoms with Crippen LogP contribution in [0.1, 0.15) is 15.9 Å². The van der Waals surface area contributed by atoms with Crippen LogP contribution in [0.3, 0.4) is 0 Å². The van der Waals surface area contributed by atoms with E-state index in [0.29, 0.717) is 0 Å². The van der Waals surface area contributed by atoms with Crippen molar-refractivity contribution in [1.82, 2.24) is 0 Å². The minimum absolute atomic E-state index is 0.259. The zero-order valence-corrected chi connectivity index (χ0v) is 9.18. The fourth-order valence-electron chi connectivity index (χ4n) is 1.60. The van der Waals surface area contributed by atoms with E-state index in [1.165, 1.54) is 0 Å². The van der Waals surface area contributed by atoms with E-state index in [1.807, 2.05) is 0 Å². The monoisotopic (exact) mass is 272 g/mol. The molecule has 98 valence electrons. The molecular formula is C13H5F5O. The highest BCUT2D eigenvalue weighted by atomic mass is 19.2. The lowest BCUT2D eigenvalue weighted by atomic mass is 10.0. The summed E-state index contributed by atoms with van der Waals surface area (Å²) in [6.07, 6.45) is 0. The summed E-state index contributed by atoms with van der Waals surface area (Å²) in [6, 6.07) is 3.06. The molecule has 0 N–H and O–H groups in total. The van der Waals surface area contributed by atoms with Gasteiger partial charge in [-0.25, -0.2) is 22.0 Å². The molecule has 0 radical (unpaired) electrons. The SMILES string of the molecule is O=C(c1c(F)cccc1F)c1c(F)cc(F)cc1F. The van der Waals surface area contributed by atoms with Gasteiger partial charge in [-0.05, 0) is 12.1 Å². The van der Waals surface area contributed by atoms with Gasteiger partial charge in [-0.2, -0.15) is 0 Å². The third-order valence-corrected chi connectivity index (χ3v) is 2.42. The van der Waals surface area contributed by atoms with Gasteiger partial charge >= 0.3 is 0 Å². The lowest BCUT2D eigenvalue weighted by Gasteiger charge is -2.06. The number of carbonyl (C=O) groups is 1. The molecule has 6 heteroatoms. The van der Waals surface area contributed by atoms with Gasteiger partial charge in [-0.1, -0.05) is 6.07 Å². The number of rotatable bonds is 2. The van der Waals surface area contributed by atoms with E-state index in [4.69, 9.17) is 0 Å². The maximum absolute atomic E-state index is 13.4. The summed E-state index contributed by atoms with van der Waals surface area (Å²) in [5.41, 5.74) is -2.29. The summed E-state index contributed by atoms with van der Waals surface area (Å²) in [5.74, 6) is -8.32. The first-order valence-corrected chi connectivity index (χ1v) is 5.05. The molecule has 2 rings (SSSR count). The molecule has 0 heterocycles. The van der Waals surface area contributed by atoms with Gasteiger partial charge in [0, 0.05) is 12.1 Å². The molecule has 0 aliphatic rings. The molecule has 0 bridgehead atoms. The Morgan fingerprint density at radius 3 is 1.63 bits per heavy atom. The number of halogens is 5. The van der Waals surface area contributed by atoms with Crippen molar-refractivity contribution in [1.29, 1.82) is 0 Å². The van der Waals surface area contributed by atoms with Crippen LogP contribution in [0.5, 0.6) is 0 Å². The molecule has 0 atom stereocenters. The molecule has 0 saturated carbocycles. The highest BCUT2D eigenvalue weighted by Crippen LogP contribution is 2.22. The molecule has 0 spiro atoms. The van der Waals surface area contributed by atoms with Gasteiger partial charge in [0.15, 0.2) is 0 Å². The molecule has 0 aliphatic heterocycles. The van der Waals surface area contributed by atoms with Crippen LogP contribution in [0.4, 0.5) is 22.0 Å². The Bertz CT molecular complexity index is 623. The van der Waals surface area contributed by atoms with Crippen molar-refractivity contribution in [3.8, 4) is 0 Å². The first kappa shape index (κ1) is 13.2. The Kier molecular flexibility index (Phi) is 3.33. The largest absolute Gasteiger partial charge is 0.288 e. The van der Waals surface area contributed by atoms with Gasteiger partial charge in [0.25, 0.3) is 0 Å². The number of benzene rings is 2. The third kappa shape index (κ3) is 2.33. The Hall–Kier alpha value is -2.24. The van der Waals surface area contributed by atoms with Crippen LogP contribution >= 0.6 is 0 Å². The summed E-state index contributed by atoms with van der Waals surface area (Å²) < 4.78 is 66.1. The smallest absolute Gasteiger partial charge is 0.204 e.